The fraction of sp³-hybridized carbons (Fsp3) is 0.154. The molecule has 0 fully saturated rings. The van der Waals surface area contributed by atoms with E-state index in [1.165, 1.54) is 24.5 Å². The zero-order valence-electron chi connectivity index (χ0n) is 11.6. The van der Waals surface area contributed by atoms with Crippen LogP contribution in [0.5, 0.6) is 5.88 Å². The highest BCUT2D eigenvalue weighted by Crippen LogP contribution is 2.08. The van der Waals surface area contributed by atoms with Crippen LogP contribution in [0, 0.1) is 0 Å². The van der Waals surface area contributed by atoms with Crippen LogP contribution in [0.25, 0.3) is 0 Å². The first-order valence-electron chi connectivity index (χ1n) is 6.35. The van der Waals surface area contributed by atoms with Gasteiger partial charge in [-0.05, 0) is 18.6 Å². The van der Waals surface area contributed by atoms with E-state index in [0.717, 1.165) is 0 Å². The number of rotatable bonds is 4. The lowest BCUT2D eigenvalue weighted by Gasteiger charge is -2.05. The predicted molar refractivity (Wildman–Crippen MR) is 77.9 cm³/mol. The summed E-state index contributed by atoms with van der Waals surface area (Å²) in [5.41, 5.74) is 0.927. The number of nitrogens with zero attached hydrogens (tertiary/aromatic N) is 2. The molecule has 0 spiro atoms. The third-order valence-electron chi connectivity index (χ3n) is 2.78. The van der Waals surface area contributed by atoms with Gasteiger partial charge in [0, 0.05) is 18.0 Å². The minimum Gasteiger partial charge on any atom is -0.494 e. The Bertz CT molecular complexity index is 822. The molecule has 0 saturated heterocycles. The van der Waals surface area contributed by atoms with Crippen molar-refractivity contribution in [2.45, 2.75) is 13.3 Å². The molecule has 2 aromatic heterocycles. The number of carbonyl (C=O) groups is 1. The van der Waals surface area contributed by atoms with Crippen molar-refractivity contribution in [1.29, 1.82) is 0 Å². The van der Waals surface area contributed by atoms with Crippen LogP contribution < -0.4 is 16.7 Å². The highest BCUT2D eigenvalue weighted by Gasteiger charge is 2.15. The van der Waals surface area contributed by atoms with Crippen molar-refractivity contribution in [3.8, 4) is 5.88 Å². The normalized spacial score (nSPS) is 11.2. The number of carbonyl (C=O) groups excluding carboxylic acids is 1. The number of aromatic amines is 2. The molecule has 114 valence electrons. The molecule has 22 heavy (non-hydrogen) atoms. The van der Waals surface area contributed by atoms with Gasteiger partial charge in [-0.2, -0.15) is 5.10 Å². The Balaban J connectivity index is 2.31. The highest BCUT2D eigenvalue weighted by molar-refractivity contribution is 6.03. The number of amides is 1. The van der Waals surface area contributed by atoms with E-state index in [2.05, 4.69) is 20.5 Å². The van der Waals surface area contributed by atoms with Crippen LogP contribution in [0.15, 0.2) is 39.2 Å². The van der Waals surface area contributed by atoms with E-state index in [1.807, 2.05) is 4.98 Å². The van der Waals surface area contributed by atoms with Gasteiger partial charge in [0.1, 0.15) is 5.56 Å². The Hall–Kier alpha value is -3.23. The van der Waals surface area contributed by atoms with Gasteiger partial charge in [-0.3, -0.25) is 24.5 Å². The lowest BCUT2D eigenvalue weighted by molar-refractivity contribution is 0.0954. The highest BCUT2D eigenvalue weighted by atomic mass is 16.3. The molecule has 4 N–H and O–H groups in total. The van der Waals surface area contributed by atoms with Crippen LogP contribution in [0.2, 0.25) is 0 Å². The Kier molecular flexibility index (Phi) is 4.47. The molecule has 0 unspecified atom stereocenters. The summed E-state index contributed by atoms with van der Waals surface area (Å²) in [6.45, 7) is 1.68. The summed E-state index contributed by atoms with van der Waals surface area (Å²) in [4.78, 5) is 42.5. The van der Waals surface area contributed by atoms with Crippen LogP contribution in [-0.4, -0.2) is 31.7 Å². The molecule has 0 aromatic carbocycles. The number of hydrogen-bond donors (Lipinski definition) is 4. The first-order chi connectivity index (χ1) is 10.5. The molecular formula is C13H13N5O4. The van der Waals surface area contributed by atoms with Gasteiger partial charge in [-0.25, -0.2) is 10.2 Å². The molecule has 0 aliphatic carbocycles. The number of pyridine rings is 1. The molecule has 0 aliphatic rings. The number of H-pyrrole nitrogens is 2. The maximum atomic E-state index is 11.9. The van der Waals surface area contributed by atoms with Gasteiger partial charge in [0.25, 0.3) is 11.5 Å². The SMILES string of the molecule is CC/C(=N\NC(=O)c1ccncc1)c1c(O)[nH]c(=O)[nH]c1=O. The number of hydrazone groups is 1. The fourth-order valence-corrected chi connectivity index (χ4v) is 1.74. The van der Waals surface area contributed by atoms with E-state index in [9.17, 15) is 19.5 Å². The average Bonchev–Trinajstić information content (AvgIpc) is 2.50. The average molecular weight is 303 g/mol. The molecule has 2 aromatic rings. The van der Waals surface area contributed by atoms with E-state index in [-0.39, 0.29) is 17.7 Å². The van der Waals surface area contributed by atoms with Crippen LogP contribution >= 0.6 is 0 Å². The Morgan fingerprint density at radius 2 is 2.00 bits per heavy atom. The van der Waals surface area contributed by atoms with E-state index < -0.39 is 23.0 Å². The van der Waals surface area contributed by atoms with Gasteiger partial charge in [0.2, 0.25) is 5.88 Å². The van der Waals surface area contributed by atoms with Gasteiger partial charge >= 0.3 is 5.69 Å². The second kappa shape index (κ2) is 6.48. The van der Waals surface area contributed by atoms with Gasteiger partial charge in [0.15, 0.2) is 0 Å². The standard InChI is InChI=1S/C13H13N5O4/c1-2-8(9-11(20)15-13(22)16-12(9)21)17-18-10(19)7-3-5-14-6-4-7/h3-6H,2H2,1H3,(H,18,19)(H3,15,16,20,21,22)/b17-8+. The summed E-state index contributed by atoms with van der Waals surface area (Å²) in [7, 11) is 0. The third kappa shape index (κ3) is 3.26. The van der Waals surface area contributed by atoms with E-state index >= 15 is 0 Å². The van der Waals surface area contributed by atoms with Crippen molar-refractivity contribution in [2.24, 2.45) is 5.10 Å². The summed E-state index contributed by atoms with van der Waals surface area (Å²) >= 11 is 0. The number of aromatic hydroxyl groups is 1. The second-order valence-electron chi connectivity index (χ2n) is 4.22. The van der Waals surface area contributed by atoms with Crippen molar-refractivity contribution in [1.82, 2.24) is 20.4 Å². The molecular weight excluding hydrogens is 290 g/mol. The fourth-order valence-electron chi connectivity index (χ4n) is 1.74. The van der Waals surface area contributed by atoms with Gasteiger partial charge in [-0.1, -0.05) is 6.92 Å². The summed E-state index contributed by atoms with van der Waals surface area (Å²) in [5, 5.41) is 13.5. The number of aromatic nitrogens is 3. The van der Waals surface area contributed by atoms with Crippen molar-refractivity contribution in [2.75, 3.05) is 0 Å². The molecule has 9 heteroatoms. The van der Waals surface area contributed by atoms with Crippen molar-refractivity contribution in [3.05, 3.63) is 56.5 Å². The summed E-state index contributed by atoms with van der Waals surface area (Å²) < 4.78 is 0. The van der Waals surface area contributed by atoms with Crippen molar-refractivity contribution >= 4 is 11.6 Å². The van der Waals surface area contributed by atoms with E-state index in [0.29, 0.717) is 5.56 Å². The number of hydrogen-bond acceptors (Lipinski definition) is 6. The molecule has 0 bridgehead atoms. The van der Waals surface area contributed by atoms with Gasteiger partial charge in [0.05, 0.1) is 5.71 Å². The van der Waals surface area contributed by atoms with Gasteiger partial charge in [-0.15, -0.1) is 0 Å². The summed E-state index contributed by atoms with van der Waals surface area (Å²) in [5.74, 6) is -1.10. The second-order valence-corrected chi connectivity index (χ2v) is 4.22. The monoisotopic (exact) mass is 303 g/mol. The first kappa shape index (κ1) is 15.2. The molecule has 0 atom stereocenters. The van der Waals surface area contributed by atoms with E-state index in [4.69, 9.17) is 0 Å². The molecule has 0 aliphatic heterocycles. The summed E-state index contributed by atoms with van der Waals surface area (Å²) in [6, 6.07) is 3.00. The maximum Gasteiger partial charge on any atom is 0.328 e. The lowest BCUT2D eigenvalue weighted by atomic mass is 10.1. The first-order valence-corrected chi connectivity index (χ1v) is 6.35. The Morgan fingerprint density at radius 3 is 2.59 bits per heavy atom. The Labute approximate surface area is 123 Å². The predicted octanol–water partition coefficient (Wildman–Crippen LogP) is -0.292. The summed E-state index contributed by atoms with van der Waals surface area (Å²) in [6.07, 6.45) is 3.16. The molecule has 0 saturated carbocycles. The topological polar surface area (TPSA) is 140 Å². The van der Waals surface area contributed by atoms with Crippen LogP contribution in [0.1, 0.15) is 29.3 Å². The maximum absolute atomic E-state index is 11.9. The van der Waals surface area contributed by atoms with E-state index in [1.54, 1.807) is 6.92 Å². The van der Waals surface area contributed by atoms with Gasteiger partial charge < -0.3 is 5.11 Å². The third-order valence-corrected chi connectivity index (χ3v) is 2.78. The zero-order chi connectivity index (χ0) is 16.1. The molecule has 2 rings (SSSR count). The molecule has 1 amide bonds. The Morgan fingerprint density at radius 1 is 1.32 bits per heavy atom. The molecule has 9 nitrogen and oxygen atoms in total. The largest absolute Gasteiger partial charge is 0.494 e. The van der Waals surface area contributed by atoms with Crippen LogP contribution in [0.4, 0.5) is 0 Å². The van der Waals surface area contributed by atoms with Crippen molar-refractivity contribution < 1.29 is 9.90 Å². The lowest BCUT2D eigenvalue weighted by Crippen LogP contribution is -2.29. The van der Waals surface area contributed by atoms with Crippen LogP contribution in [0.3, 0.4) is 0 Å². The van der Waals surface area contributed by atoms with Crippen LogP contribution in [-0.2, 0) is 0 Å². The molecule has 0 radical (unpaired) electrons. The quantitative estimate of drug-likeness (QED) is 0.453. The minimum absolute atomic E-state index is 0.123. The van der Waals surface area contributed by atoms with Crippen molar-refractivity contribution in [3.63, 3.8) is 0 Å². The zero-order valence-corrected chi connectivity index (χ0v) is 11.6. The minimum atomic E-state index is -0.831. The smallest absolute Gasteiger partial charge is 0.328 e. The number of nitrogens with one attached hydrogen (secondary N) is 3. The molecule has 2 heterocycles.